The third kappa shape index (κ3) is 4.59. The zero-order valence-corrected chi connectivity index (χ0v) is 11.2. The molecule has 0 bridgehead atoms. The fraction of sp³-hybridized carbons (Fsp3) is 0.200. The Bertz CT molecular complexity index is 597. The molecule has 0 aromatic heterocycles. The molecular weight excluding hydrogens is 283 g/mol. The van der Waals surface area contributed by atoms with Crippen molar-refractivity contribution in [1.29, 1.82) is 0 Å². The minimum absolute atomic E-state index is 0.133. The highest BCUT2D eigenvalue weighted by Gasteiger charge is 2.31. The summed E-state index contributed by atoms with van der Waals surface area (Å²) in [4.78, 5) is 0. The van der Waals surface area contributed by atoms with Crippen LogP contribution in [0, 0.1) is 0 Å². The predicted molar refractivity (Wildman–Crippen MR) is 73.3 cm³/mol. The fourth-order valence-corrected chi connectivity index (χ4v) is 1.88. The summed E-state index contributed by atoms with van der Waals surface area (Å²) in [5.74, 6) is -0.114. The zero-order valence-electron chi connectivity index (χ0n) is 11.2. The van der Waals surface area contributed by atoms with Gasteiger partial charge < -0.3 is 15.2 Å². The van der Waals surface area contributed by atoms with Crippen molar-refractivity contribution in [2.45, 2.75) is 19.3 Å². The molecule has 6 heteroatoms. The van der Waals surface area contributed by atoms with Gasteiger partial charge in [0.15, 0.2) is 0 Å². The topological polar surface area (TPSA) is 41.5 Å². The first-order chi connectivity index (χ1) is 9.83. The number of hydrogen-bond acceptors (Lipinski definition) is 3. The van der Waals surface area contributed by atoms with Gasteiger partial charge in [-0.1, -0.05) is 18.2 Å². The van der Waals surface area contributed by atoms with Crippen LogP contribution in [0.15, 0.2) is 48.5 Å². The molecule has 2 aromatic rings. The van der Waals surface area contributed by atoms with E-state index in [0.717, 1.165) is 5.56 Å². The largest absolute Gasteiger partial charge is 0.573 e. The highest BCUT2D eigenvalue weighted by molar-refractivity contribution is 5.50. The van der Waals surface area contributed by atoms with Crippen LogP contribution in [-0.4, -0.2) is 11.5 Å². The SMILES string of the molecule is CC(Nc1cccc(OC(F)(F)F)c1)c1ccc(O)cc1. The lowest BCUT2D eigenvalue weighted by molar-refractivity contribution is -0.274. The van der Waals surface area contributed by atoms with E-state index in [0.29, 0.717) is 5.69 Å². The summed E-state index contributed by atoms with van der Waals surface area (Å²) in [5, 5.41) is 12.3. The first-order valence-electron chi connectivity index (χ1n) is 6.25. The van der Waals surface area contributed by atoms with Gasteiger partial charge in [-0.3, -0.25) is 0 Å². The standard InChI is InChI=1S/C15H14F3NO2/c1-10(11-5-7-13(20)8-6-11)19-12-3-2-4-14(9-12)21-15(16,17)18/h2-10,19-20H,1H3. The van der Waals surface area contributed by atoms with Crippen molar-refractivity contribution in [3.05, 3.63) is 54.1 Å². The molecule has 0 aliphatic carbocycles. The van der Waals surface area contributed by atoms with E-state index in [9.17, 15) is 18.3 Å². The van der Waals surface area contributed by atoms with Crippen LogP contribution in [0.4, 0.5) is 18.9 Å². The maximum Gasteiger partial charge on any atom is 0.573 e. The van der Waals surface area contributed by atoms with Gasteiger partial charge in [-0.25, -0.2) is 0 Å². The number of anilines is 1. The second-order valence-electron chi connectivity index (χ2n) is 4.53. The molecule has 2 rings (SSSR count). The number of alkyl halides is 3. The smallest absolute Gasteiger partial charge is 0.508 e. The predicted octanol–water partition coefficient (Wildman–Crippen LogP) is 4.46. The Morgan fingerprint density at radius 3 is 2.38 bits per heavy atom. The highest BCUT2D eigenvalue weighted by atomic mass is 19.4. The number of halogens is 3. The molecule has 1 unspecified atom stereocenters. The molecule has 0 aliphatic rings. The number of hydrogen-bond donors (Lipinski definition) is 2. The van der Waals surface area contributed by atoms with Crippen molar-refractivity contribution in [2.75, 3.05) is 5.32 Å². The highest BCUT2D eigenvalue weighted by Crippen LogP contribution is 2.27. The maximum atomic E-state index is 12.2. The summed E-state index contributed by atoms with van der Waals surface area (Å²) >= 11 is 0. The summed E-state index contributed by atoms with van der Waals surface area (Å²) in [6.45, 7) is 1.86. The van der Waals surface area contributed by atoms with Crippen LogP contribution < -0.4 is 10.1 Å². The van der Waals surface area contributed by atoms with Gasteiger partial charge in [0.1, 0.15) is 11.5 Å². The van der Waals surface area contributed by atoms with Gasteiger partial charge in [-0.15, -0.1) is 13.2 Å². The number of ether oxygens (including phenoxy) is 1. The van der Waals surface area contributed by atoms with E-state index < -0.39 is 6.36 Å². The monoisotopic (exact) mass is 297 g/mol. The van der Waals surface area contributed by atoms with Crippen molar-refractivity contribution in [3.8, 4) is 11.5 Å². The minimum Gasteiger partial charge on any atom is -0.508 e. The number of phenolic OH excluding ortho intramolecular Hbond substituents is 1. The Morgan fingerprint density at radius 2 is 1.76 bits per heavy atom. The van der Waals surface area contributed by atoms with E-state index in [4.69, 9.17) is 0 Å². The minimum atomic E-state index is -4.71. The summed E-state index contributed by atoms with van der Waals surface area (Å²) in [6.07, 6.45) is -4.71. The van der Waals surface area contributed by atoms with Crippen LogP contribution in [0.3, 0.4) is 0 Å². The third-order valence-corrected chi connectivity index (χ3v) is 2.84. The maximum absolute atomic E-state index is 12.2. The summed E-state index contributed by atoms with van der Waals surface area (Å²) in [5.41, 5.74) is 1.41. The first-order valence-corrected chi connectivity index (χ1v) is 6.25. The second kappa shape index (κ2) is 5.95. The molecule has 0 saturated carbocycles. The molecule has 0 saturated heterocycles. The summed E-state index contributed by atoms with van der Waals surface area (Å²) in [6, 6.07) is 12.1. The Balaban J connectivity index is 2.08. The number of nitrogens with one attached hydrogen (secondary N) is 1. The van der Waals surface area contributed by atoms with Crippen LogP contribution in [0.5, 0.6) is 11.5 Å². The van der Waals surface area contributed by atoms with Crippen molar-refractivity contribution in [3.63, 3.8) is 0 Å². The number of aromatic hydroxyl groups is 1. The lowest BCUT2D eigenvalue weighted by Gasteiger charge is -2.17. The van der Waals surface area contributed by atoms with Crippen molar-refractivity contribution >= 4 is 5.69 Å². The second-order valence-corrected chi connectivity index (χ2v) is 4.53. The molecule has 2 N–H and O–H groups in total. The van der Waals surface area contributed by atoms with Gasteiger partial charge in [0.25, 0.3) is 0 Å². The molecule has 112 valence electrons. The number of benzene rings is 2. The Labute approximate surface area is 120 Å². The van der Waals surface area contributed by atoms with Crippen LogP contribution >= 0.6 is 0 Å². The molecular formula is C15H14F3NO2. The molecule has 1 atom stereocenters. The molecule has 0 amide bonds. The van der Waals surface area contributed by atoms with E-state index in [-0.39, 0.29) is 17.5 Å². The van der Waals surface area contributed by atoms with Crippen LogP contribution in [0.25, 0.3) is 0 Å². The average Bonchev–Trinajstić information content (AvgIpc) is 2.37. The van der Waals surface area contributed by atoms with Crippen LogP contribution in [-0.2, 0) is 0 Å². The number of rotatable bonds is 4. The van der Waals surface area contributed by atoms with E-state index in [1.165, 1.54) is 18.2 Å². The molecule has 21 heavy (non-hydrogen) atoms. The Kier molecular flexibility index (Phi) is 4.26. The quantitative estimate of drug-likeness (QED) is 0.875. The van der Waals surface area contributed by atoms with Gasteiger partial charge in [0, 0.05) is 17.8 Å². The van der Waals surface area contributed by atoms with Gasteiger partial charge in [-0.2, -0.15) is 0 Å². The van der Waals surface area contributed by atoms with Crippen molar-refractivity contribution in [1.82, 2.24) is 0 Å². The van der Waals surface area contributed by atoms with Crippen LogP contribution in [0.2, 0.25) is 0 Å². The van der Waals surface area contributed by atoms with Gasteiger partial charge in [0.05, 0.1) is 0 Å². The normalized spacial score (nSPS) is 12.8. The summed E-state index contributed by atoms with van der Waals surface area (Å²) < 4.78 is 40.4. The molecule has 2 aromatic carbocycles. The third-order valence-electron chi connectivity index (χ3n) is 2.84. The molecule has 0 heterocycles. The molecule has 0 aliphatic heterocycles. The Hall–Kier alpha value is -2.37. The Morgan fingerprint density at radius 1 is 1.10 bits per heavy atom. The van der Waals surface area contributed by atoms with Crippen LogP contribution in [0.1, 0.15) is 18.5 Å². The van der Waals surface area contributed by atoms with E-state index in [1.807, 2.05) is 6.92 Å². The fourth-order valence-electron chi connectivity index (χ4n) is 1.88. The lowest BCUT2D eigenvalue weighted by Crippen LogP contribution is -2.17. The van der Waals surface area contributed by atoms with Gasteiger partial charge >= 0.3 is 6.36 Å². The zero-order chi connectivity index (χ0) is 15.5. The molecule has 0 fully saturated rings. The summed E-state index contributed by atoms with van der Waals surface area (Å²) in [7, 11) is 0. The average molecular weight is 297 g/mol. The van der Waals surface area contributed by atoms with E-state index in [2.05, 4.69) is 10.1 Å². The van der Waals surface area contributed by atoms with Gasteiger partial charge in [-0.05, 0) is 36.8 Å². The van der Waals surface area contributed by atoms with Crippen molar-refractivity contribution in [2.24, 2.45) is 0 Å². The first kappa shape index (κ1) is 15.0. The molecule has 0 radical (unpaired) electrons. The number of phenols is 1. The lowest BCUT2D eigenvalue weighted by atomic mass is 10.1. The van der Waals surface area contributed by atoms with Crippen molar-refractivity contribution < 1.29 is 23.0 Å². The van der Waals surface area contributed by atoms with E-state index >= 15 is 0 Å². The van der Waals surface area contributed by atoms with E-state index in [1.54, 1.807) is 30.3 Å². The molecule has 0 spiro atoms. The van der Waals surface area contributed by atoms with Gasteiger partial charge in [0.2, 0.25) is 0 Å². The molecule has 3 nitrogen and oxygen atoms in total.